The van der Waals surface area contributed by atoms with Gasteiger partial charge in [-0.25, -0.2) is 4.39 Å². The van der Waals surface area contributed by atoms with E-state index in [9.17, 15) is 9.18 Å². The number of nitrogens with one attached hydrogen (secondary N) is 1. The van der Waals surface area contributed by atoms with Gasteiger partial charge in [0.2, 0.25) is 0 Å². The number of halogens is 2. The summed E-state index contributed by atoms with van der Waals surface area (Å²) < 4.78 is 18.2. The van der Waals surface area contributed by atoms with Crippen molar-refractivity contribution in [1.29, 1.82) is 0 Å². The van der Waals surface area contributed by atoms with E-state index >= 15 is 0 Å². The molecule has 0 aromatic heterocycles. The predicted octanol–water partition coefficient (Wildman–Crippen LogP) is 3.83. The first kappa shape index (κ1) is 14.3. The van der Waals surface area contributed by atoms with E-state index in [1.807, 2.05) is 12.1 Å². The average Bonchev–Trinajstić information content (AvgIpc) is 2.48. The van der Waals surface area contributed by atoms with Gasteiger partial charge in [0.1, 0.15) is 0 Å². The van der Waals surface area contributed by atoms with E-state index in [4.69, 9.17) is 16.3 Å². The van der Waals surface area contributed by atoms with Crippen LogP contribution in [0.2, 0.25) is 0 Å². The number of hydrogen-bond donors (Lipinski definition) is 1. The van der Waals surface area contributed by atoms with E-state index in [1.54, 1.807) is 12.1 Å². The summed E-state index contributed by atoms with van der Waals surface area (Å²) in [6, 6.07) is 11.2. The van der Waals surface area contributed by atoms with Gasteiger partial charge in [-0.05, 0) is 29.8 Å². The fourth-order valence-corrected chi connectivity index (χ4v) is 1.99. The summed E-state index contributed by atoms with van der Waals surface area (Å²) in [5.74, 6) is -0.530. The Hall–Kier alpha value is -2.07. The maximum Gasteiger partial charge on any atom is 0.255 e. The second kappa shape index (κ2) is 6.39. The number of methoxy groups -OCH3 is 1. The second-order valence-electron chi connectivity index (χ2n) is 4.09. The molecule has 0 bridgehead atoms. The highest BCUT2D eigenvalue weighted by Crippen LogP contribution is 2.21. The molecular weight excluding hydrogens is 281 g/mol. The number of anilines is 1. The quantitative estimate of drug-likeness (QED) is 0.870. The number of alkyl halides is 1. The van der Waals surface area contributed by atoms with Gasteiger partial charge in [-0.3, -0.25) is 4.79 Å². The molecule has 104 valence electrons. The van der Waals surface area contributed by atoms with E-state index in [-0.39, 0.29) is 11.7 Å². The van der Waals surface area contributed by atoms with Crippen LogP contribution in [0, 0.1) is 5.82 Å². The maximum atomic E-state index is 13.3. The zero-order valence-electron chi connectivity index (χ0n) is 10.8. The van der Waals surface area contributed by atoms with Crippen molar-refractivity contribution in [3.8, 4) is 5.75 Å². The van der Waals surface area contributed by atoms with Crippen LogP contribution in [-0.2, 0) is 5.88 Å². The molecule has 2 aromatic carbocycles. The standard InChI is InChI=1S/C15H13ClFNO2/c1-20-14-8-10(6-7-12(14)17)15(19)18-13-5-3-2-4-11(13)9-16/h2-8H,9H2,1H3,(H,18,19). The highest BCUT2D eigenvalue weighted by Gasteiger charge is 2.11. The van der Waals surface area contributed by atoms with Crippen LogP contribution < -0.4 is 10.1 Å². The zero-order valence-corrected chi connectivity index (χ0v) is 11.6. The minimum Gasteiger partial charge on any atom is -0.494 e. The highest BCUT2D eigenvalue weighted by atomic mass is 35.5. The van der Waals surface area contributed by atoms with Gasteiger partial charge < -0.3 is 10.1 Å². The third kappa shape index (κ3) is 3.08. The van der Waals surface area contributed by atoms with Gasteiger partial charge in [0, 0.05) is 17.1 Å². The first-order valence-electron chi connectivity index (χ1n) is 5.94. The Morgan fingerprint density at radius 2 is 2.05 bits per heavy atom. The molecule has 0 heterocycles. The molecule has 5 heteroatoms. The number of hydrogen-bond acceptors (Lipinski definition) is 2. The first-order chi connectivity index (χ1) is 9.65. The lowest BCUT2D eigenvalue weighted by Crippen LogP contribution is -2.13. The molecule has 0 aliphatic rings. The molecule has 0 radical (unpaired) electrons. The summed E-state index contributed by atoms with van der Waals surface area (Å²) >= 11 is 5.81. The fourth-order valence-electron chi connectivity index (χ4n) is 1.75. The van der Waals surface area contributed by atoms with E-state index in [2.05, 4.69) is 5.32 Å². The van der Waals surface area contributed by atoms with Gasteiger partial charge >= 0.3 is 0 Å². The van der Waals surface area contributed by atoms with Crippen LogP contribution in [-0.4, -0.2) is 13.0 Å². The molecule has 0 aliphatic carbocycles. The molecule has 20 heavy (non-hydrogen) atoms. The molecule has 0 fully saturated rings. The number of carbonyl (C=O) groups excluding carboxylic acids is 1. The van der Waals surface area contributed by atoms with Crippen LogP contribution in [0.5, 0.6) is 5.75 Å². The lowest BCUT2D eigenvalue weighted by molar-refractivity contribution is 0.102. The summed E-state index contributed by atoms with van der Waals surface area (Å²) in [7, 11) is 1.35. The summed E-state index contributed by atoms with van der Waals surface area (Å²) in [6.07, 6.45) is 0. The van der Waals surface area contributed by atoms with E-state index < -0.39 is 5.82 Å². The summed E-state index contributed by atoms with van der Waals surface area (Å²) in [4.78, 5) is 12.1. The van der Waals surface area contributed by atoms with Crippen LogP contribution in [0.1, 0.15) is 15.9 Å². The van der Waals surface area contributed by atoms with Crippen molar-refractivity contribution in [2.24, 2.45) is 0 Å². The molecule has 0 unspecified atom stereocenters. The zero-order chi connectivity index (χ0) is 14.5. The van der Waals surface area contributed by atoms with Gasteiger partial charge in [-0.2, -0.15) is 0 Å². The second-order valence-corrected chi connectivity index (χ2v) is 4.36. The van der Waals surface area contributed by atoms with Crippen molar-refractivity contribution in [2.45, 2.75) is 5.88 Å². The molecule has 2 rings (SSSR count). The van der Waals surface area contributed by atoms with Crippen LogP contribution >= 0.6 is 11.6 Å². The summed E-state index contributed by atoms with van der Waals surface area (Å²) in [6.45, 7) is 0. The molecule has 1 N–H and O–H groups in total. The van der Waals surface area contributed by atoms with Crippen molar-refractivity contribution in [2.75, 3.05) is 12.4 Å². The Bertz CT molecular complexity index is 631. The molecule has 0 spiro atoms. The van der Waals surface area contributed by atoms with Crippen molar-refractivity contribution >= 4 is 23.2 Å². The summed E-state index contributed by atoms with van der Waals surface area (Å²) in [5.41, 5.74) is 1.76. The van der Waals surface area contributed by atoms with E-state index in [0.717, 1.165) is 5.56 Å². The van der Waals surface area contributed by atoms with Crippen LogP contribution in [0.4, 0.5) is 10.1 Å². The van der Waals surface area contributed by atoms with Crippen molar-refractivity contribution in [3.63, 3.8) is 0 Å². The third-order valence-corrected chi connectivity index (χ3v) is 3.11. The molecule has 0 aliphatic heterocycles. The number of rotatable bonds is 4. The van der Waals surface area contributed by atoms with Crippen LogP contribution in [0.3, 0.4) is 0 Å². The Morgan fingerprint density at radius 3 is 2.75 bits per heavy atom. The van der Waals surface area contributed by atoms with Crippen molar-refractivity contribution in [3.05, 3.63) is 59.4 Å². The Balaban J connectivity index is 2.24. The van der Waals surface area contributed by atoms with E-state index in [0.29, 0.717) is 17.1 Å². The minimum absolute atomic E-state index is 0.0308. The molecule has 2 aromatic rings. The molecule has 0 atom stereocenters. The number of ether oxygens (including phenoxy) is 1. The van der Waals surface area contributed by atoms with Crippen LogP contribution in [0.25, 0.3) is 0 Å². The average molecular weight is 294 g/mol. The maximum absolute atomic E-state index is 13.3. The first-order valence-corrected chi connectivity index (χ1v) is 6.48. The molecule has 0 saturated heterocycles. The number of carbonyl (C=O) groups is 1. The number of benzene rings is 2. The van der Waals surface area contributed by atoms with Gasteiger partial charge in [0.15, 0.2) is 11.6 Å². The third-order valence-electron chi connectivity index (χ3n) is 2.82. The predicted molar refractivity (Wildman–Crippen MR) is 76.9 cm³/mol. The number of para-hydroxylation sites is 1. The molecule has 0 saturated carbocycles. The molecular formula is C15H13ClFNO2. The molecule has 1 amide bonds. The lowest BCUT2D eigenvalue weighted by atomic mass is 10.1. The normalized spacial score (nSPS) is 10.2. The fraction of sp³-hybridized carbons (Fsp3) is 0.133. The van der Waals surface area contributed by atoms with Gasteiger partial charge in [0.05, 0.1) is 7.11 Å². The van der Waals surface area contributed by atoms with Gasteiger partial charge in [-0.1, -0.05) is 18.2 Å². The van der Waals surface area contributed by atoms with Gasteiger partial charge in [-0.15, -0.1) is 11.6 Å². The Labute approximate surface area is 121 Å². The topological polar surface area (TPSA) is 38.3 Å². The smallest absolute Gasteiger partial charge is 0.255 e. The number of amides is 1. The SMILES string of the molecule is COc1cc(C(=O)Nc2ccccc2CCl)ccc1F. The Morgan fingerprint density at radius 1 is 1.30 bits per heavy atom. The monoisotopic (exact) mass is 293 g/mol. The van der Waals surface area contributed by atoms with Crippen molar-refractivity contribution in [1.82, 2.24) is 0 Å². The van der Waals surface area contributed by atoms with Crippen molar-refractivity contribution < 1.29 is 13.9 Å². The van der Waals surface area contributed by atoms with Gasteiger partial charge in [0.25, 0.3) is 5.91 Å². The lowest BCUT2D eigenvalue weighted by Gasteiger charge is -2.10. The van der Waals surface area contributed by atoms with Crippen LogP contribution in [0.15, 0.2) is 42.5 Å². The summed E-state index contributed by atoms with van der Waals surface area (Å²) in [5, 5.41) is 2.75. The minimum atomic E-state index is -0.509. The molecule has 3 nitrogen and oxygen atoms in total. The Kier molecular flexibility index (Phi) is 4.58. The van der Waals surface area contributed by atoms with E-state index in [1.165, 1.54) is 25.3 Å². The largest absolute Gasteiger partial charge is 0.494 e. The highest BCUT2D eigenvalue weighted by molar-refractivity contribution is 6.17.